The van der Waals surface area contributed by atoms with Crippen molar-refractivity contribution in [1.82, 2.24) is 4.98 Å². The first-order valence-corrected chi connectivity index (χ1v) is 6.54. The Hall–Kier alpha value is -0.920. The zero-order valence-electron chi connectivity index (χ0n) is 9.53. The highest BCUT2D eigenvalue weighted by molar-refractivity contribution is 7.11. The van der Waals surface area contributed by atoms with Crippen molar-refractivity contribution in [3.8, 4) is 6.07 Å². The van der Waals surface area contributed by atoms with Crippen LogP contribution in [-0.4, -0.2) is 18.2 Å². The second-order valence-electron chi connectivity index (χ2n) is 4.11. The summed E-state index contributed by atoms with van der Waals surface area (Å²) in [6.45, 7) is 3.76. The summed E-state index contributed by atoms with van der Waals surface area (Å²) in [4.78, 5) is 5.92. The van der Waals surface area contributed by atoms with E-state index in [-0.39, 0.29) is 0 Å². The molecule has 16 heavy (non-hydrogen) atoms. The largest absolute Gasteiger partial charge is 0.381 e. The summed E-state index contributed by atoms with van der Waals surface area (Å²) >= 11 is 1.79. The van der Waals surface area contributed by atoms with Crippen molar-refractivity contribution in [2.75, 3.05) is 13.2 Å². The van der Waals surface area contributed by atoms with Crippen molar-refractivity contribution in [3.63, 3.8) is 0 Å². The lowest BCUT2D eigenvalue weighted by atomic mass is 10.0. The zero-order valence-corrected chi connectivity index (χ0v) is 10.3. The summed E-state index contributed by atoms with van der Waals surface area (Å²) in [7, 11) is 0. The van der Waals surface area contributed by atoms with Crippen molar-refractivity contribution < 1.29 is 4.74 Å². The topological polar surface area (TPSA) is 45.9 Å². The predicted molar refractivity (Wildman–Crippen MR) is 63.6 cm³/mol. The Bertz CT molecular complexity index is 388. The van der Waals surface area contributed by atoms with Gasteiger partial charge in [0.1, 0.15) is 0 Å². The van der Waals surface area contributed by atoms with E-state index in [1.54, 1.807) is 11.3 Å². The molecule has 3 nitrogen and oxygen atoms in total. The summed E-state index contributed by atoms with van der Waals surface area (Å²) < 4.78 is 5.36. The molecule has 86 valence electrons. The maximum atomic E-state index is 8.59. The Morgan fingerprint density at radius 2 is 2.25 bits per heavy atom. The van der Waals surface area contributed by atoms with Gasteiger partial charge in [-0.2, -0.15) is 5.26 Å². The van der Waals surface area contributed by atoms with E-state index >= 15 is 0 Å². The lowest BCUT2D eigenvalue weighted by Gasteiger charge is -2.19. The number of nitriles is 1. The first-order chi connectivity index (χ1) is 7.81. The smallest absolute Gasteiger partial charge is 0.0963 e. The second-order valence-corrected chi connectivity index (χ2v) is 5.22. The van der Waals surface area contributed by atoms with E-state index in [1.165, 1.54) is 9.88 Å². The molecule has 0 aliphatic carbocycles. The van der Waals surface area contributed by atoms with Gasteiger partial charge in [-0.25, -0.2) is 4.98 Å². The van der Waals surface area contributed by atoms with Crippen LogP contribution in [0, 0.1) is 18.3 Å². The quantitative estimate of drug-likeness (QED) is 0.810. The van der Waals surface area contributed by atoms with Crippen LogP contribution < -0.4 is 0 Å². The van der Waals surface area contributed by atoms with Crippen LogP contribution in [0.25, 0.3) is 0 Å². The number of aromatic nitrogens is 1. The predicted octanol–water partition coefficient (Wildman–Crippen LogP) is 2.80. The van der Waals surface area contributed by atoms with Crippen LogP contribution >= 0.6 is 11.3 Å². The highest BCUT2D eigenvalue weighted by Crippen LogP contribution is 2.32. The van der Waals surface area contributed by atoms with Crippen LogP contribution in [0.5, 0.6) is 0 Å². The molecule has 2 heterocycles. The van der Waals surface area contributed by atoms with Crippen molar-refractivity contribution >= 4 is 11.3 Å². The number of thiazole rings is 1. The van der Waals surface area contributed by atoms with E-state index in [0.717, 1.165) is 38.2 Å². The van der Waals surface area contributed by atoms with Crippen LogP contribution in [0.1, 0.15) is 40.8 Å². The van der Waals surface area contributed by atoms with E-state index in [9.17, 15) is 0 Å². The average Bonchev–Trinajstić information content (AvgIpc) is 2.69. The first-order valence-electron chi connectivity index (χ1n) is 5.72. The van der Waals surface area contributed by atoms with Gasteiger partial charge >= 0.3 is 0 Å². The molecule has 1 aromatic rings. The van der Waals surface area contributed by atoms with Crippen LogP contribution in [-0.2, 0) is 11.2 Å². The number of ether oxygens (including phenoxy) is 1. The van der Waals surface area contributed by atoms with Crippen LogP contribution in [0.3, 0.4) is 0 Å². The van der Waals surface area contributed by atoms with Crippen molar-refractivity contribution in [2.45, 2.75) is 38.5 Å². The Balaban J connectivity index is 2.07. The fourth-order valence-corrected chi connectivity index (χ4v) is 3.21. The lowest BCUT2D eigenvalue weighted by Crippen LogP contribution is -2.13. The van der Waals surface area contributed by atoms with E-state index < -0.39 is 0 Å². The van der Waals surface area contributed by atoms with Crippen molar-refractivity contribution in [3.05, 3.63) is 15.6 Å². The summed E-state index contributed by atoms with van der Waals surface area (Å²) in [5.41, 5.74) is 1.11. The minimum atomic E-state index is 0.577. The van der Waals surface area contributed by atoms with Crippen LogP contribution in [0.4, 0.5) is 0 Å². The third kappa shape index (κ3) is 2.60. The van der Waals surface area contributed by atoms with Crippen molar-refractivity contribution in [1.29, 1.82) is 5.26 Å². The van der Waals surface area contributed by atoms with E-state index in [0.29, 0.717) is 12.3 Å². The molecule has 0 bridgehead atoms. The van der Waals surface area contributed by atoms with Gasteiger partial charge < -0.3 is 4.74 Å². The molecule has 1 fully saturated rings. The normalized spacial score (nSPS) is 17.2. The molecular weight excluding hydrogens is 220 g/mol. The molecule has 1 aromatic heterocycles. The molecule has 0 aromatic carbocycles. The minimum Gasteiger partial charge on any atom is -0.381 e. The highest BCUT2D eigenvalue weighted by atomic mass is 32.1. The molecule has 0 spiro atoms. The molecule has 4 heteroatoms. The summed E-state index contributed by atoms with van der Waals surface area (Å²) in [5, 5.41) is 9.84. The SMILES string of the molecule is Cc1nc(C2CCOCC2)sc1CCC#N. The Morgan fingerprint density at radius 1 is 1.50 bits per heavy atom. The maximum absolute atomic E-state index is 8.59. The molecule has 0 unspecified atom stereocenters. The summed E-state index contributed by atoms with van der Waals surface area (Å²) in [6.07, 6.45) is 3.62. The fraction of sp³-hybridized carbons (Fsp3) is 0.667. The van der Waals surface area contributed by atoms with Gasteiger partial charge in [-0.3, -0.25) is 0 Å². The number of hydrogen-bond donors (Lipinski definition) is 0. The van der Waals surface area contributed by atoms with Crippen LogP contribution in [0.15, 0.2) is 0 Å². The Morgan fingerprint density at radius 3 is 2.94 bits per heavy atom. The molecule has 1 aliphatic rings. The average molecular weight is 236 g/mol. The molecule has 0 amide bonds. The van der Waals surface area contributed by atoms with Gasteiger partial charge in [-0.05, 0) is 26.2 Å². The van der Waals surface area contributed by atoms with E-state index in [2.05, 4.69) is 11.1 Å². The van der Waals surface area contributed by atoms with E-state index in [1.807, 2.05) is 6.92 Å². The van der Waals surface area contributed by atoms with E-state index in [4.69, 9.17) is 10.00 Å². The monoisotopic (exact) mass is 236 g/mol. The van der Waals surface area contributed by atoms with Gasteiger partial charge in [-0.1, -0.05) is 0 Å². The van der Waals surface area contributed by atoms with Gasteiger partial charge in [0.25, 0.3) is 0 Å². The van der Waals surface area contributed by atoms with Gasteiger partial charge in [0.15, 0.2) is 0 Å². The molecule has 0 N–H and O–H groups in total. The molecule has 2 rings (SSSR count). The van der Waals surface area contributed by atoms with Crippen LogP contribution in [0.2, 0.25) is 0 Å². The standard InChI is InChI=1S/C12H16N2OS/c1-9-11(3-2-6-13)16-12(14-9)10-4-7-15-8-5-10/h10H,2-5,7-8H2,1H3. The Kier molecular flexibility index (Phi) is 3.92. The lowest BCUT2D eigenvalue weighted by molar-refractivity contribution is 0.0852. The fourth-order valence-electron chi connectivity index (χ4n) is 1.97. The number of hydrogen-bond acceptors (Lipinski definition) is 4. The highest BCUT2D eigenvalue weighted by Gasteiger charge is 2.20. The van der Waals surface area contributed by atoms with Gasteiger partial charge in [0, 0.05) is 30.4 Å². The van der Waals surface area contributed by atoms with Gasteiger partial charge in [0.2, 0.25) is 0 Å². The number of nitrogens with zero attached hydrogens (tertiary/aromatic N) is 2. The first kappa shape index (κ1) is 11.6. The Labute approximate surface area is 100 Å². The summed E-state index contributed by atoms with van der Waals surface area (Å²) in [5.74, 6) is 0.577. The molecule has 1 saturated heterocycles. The molecule has 0 radical (unpaired) electrons. The van der Waals surface area contributed by atoms with Gasteiger partial charge in [0.05, 0.1) is 16.8 Å². The molecule has 0 saturated carbocycles. The molecular formula is C12H16N2OS. The maximum Gasteiger partial charge on any atom is 0.0963 e. The second kappa shape index (κ2) is 5.42. The zero-order chi connectivity index (χ0) is 11.4. The molecule has 1 aliphatic heterocycles. The third-order valence-corrected chi connectivity index (χ3v) is 4.32. The minimum absolute atomic E-state index is 0.577. The third-order valence-electron chi connectivity index (χ3n) is 2.94. The van der Waals surface area contributed by atoms with Crippen molar-refractivity contribution in [2.24, 2.45) is 0 Å². The summed E-state index contributed by atoms with van der Waals surface area (Å²) in [6, 6.07) is 2.19. The number of rotatable bonds is 3. The number of aryl methyl sites for hydroxylation is 2. The van der Waals surface area contributed by atoms with Gasteiger partial charge in [-0.15, -0.1) is 11.3 Å². The molecule has 0 atom stereocenters.